The number of nitrogens with one attached hydrogen (secondary N) is 2. The highest BCUT2D eigenvalue weighted by Crippen LogP contribution is 2.31. The predicted molar refractivity (Wildman–Crippen MR) is 114 cm³/mol. The molecule has 3 rings (SSSR count). The summed E-state index contributed by atoms with van der Waals surface area (Å²) in [7, 11) is 0. The molecule has 0 saturated heterocycles. The van der Waals surface area contributed by atoms with Crippen molar-refractivity contribution < 1.29 is 19.1 Å². The zero-order valence-corrected chi connectivity index (χ0v) is 18.3. The number of carbonyl (C=O) groups excluding carboxylic acids is 2. The molecule has 1 aromatic heterocycles. The second-order valence-electron chi connectivity index (χ2n) is 6.06. The molecule has 2 aromatic rings. The number of rotatable bonds is 10. The van der Waals surface area contributed by atoms with Crippen LogP contribution in [-0.2, 0) is 9.59 Å². The predicted octanol–water partition coefficient (Wildman–Crippen LogP) is 2.20. The molecule has 1 aliphatic heterocycles. The fourth-order valence-corrected chi connectivity index (χ4v) is 5.01. The van der Waals surface area contributed by atoms with E-state index in [9.17, 15) is 9.59 Å². The highest BCUT2D eigenvalue weighted by atomic mass is 32.2. The average molecular weight is 455 g/mol. The monoisotopic (exact) mass is 454 g/mol. The van der Waals surface area contributed by atoms with Crippen LogP contribution in [0.25, 0.3) is 0 Å². The topological polar surface area (TPSA) is 102 Å². The molecule has 0 spiro atoms. The second-order valence-corrected chi connectivity index (χ2v) is 9.49. The Labute approximate surface area is 181 Å². The van der Waals surface area contributed by atoms with Gasteiger partial charge < -0.3 is 20.1 Å². The lowest BCUT2D eigenvalue weighted by atomic mass is 10.2. The first kappa shape index (κ1) is 21.7. The number of hydrogen-bond acceptors (Lipinski definition) is 9. The van der Waals surface area contributed by atoms with Crippen LogP contribution in [0.1, 0.15) is 13.3 Å². The van der Waals surface area contributed by atoms with Gasteiger partial charge in [-0.25, -0.2) is 0 Å². The maximum atomic E-state index is 12.1. The Bertz CT molecular complexity index is 833. The van der Waals surface area contributed by atoms with E-state index in [1.165, 1.54) is 34.9 Å². The average Bonchev–Trinajstić information content (AvgIpc) is 3.21. The third-order valence-corrected chi connectivity index (χ3v) is 6.90. The summed E-state index contributed by atoms with van der Waals surface area (Å²) in [5.41, 5.74) is 0. The van der Waals surface area contributed by atoms with Gasteiger partial charge in [0.2, 0.25) is 11.8 Å². The van der Waals surface area contributed by atoms with E-state index in [1.807, 2.05) is 31.2 Å². The molecule has 11 heteroatoms. The molecule has 0 radical (unpaired) electrons. The molecule has 156 valence electrons. The Morgan fingerprint density at radius 1 is 1.10 bits per heavy atom. The van der Waals surface area contributed by atoms with Gasteiger partial charge in [-0.05, 0) is 18.6 Å². The van der Waals surface area contributed by atoms with Crippen LogP contribution in [0.3, 0.4) is 0 Å². The van der Waals surface area contributed by atoms with Crippen LogP contribution in [0, 0.1) is 0 Å². The minimum absolute atomic E-state index is 0.0165. The van der Waals surface area contributed by atoms with Gasteiger partial charge in [0.25, 0.3) is 0 Å². The molecule has 2 heterocycles. The molecule has 0 fully saturated rings. The van der Waals surface area contributed by atoms with E-state index < -0.39 is 0 Å². The van der Waals surface area contributed by atoms with Crippen molar-refractivity contribution >= 4 is 46.7 Å². The zero-order chi connectivity index (χ0) is 20.5. The van der Waals surface area contributed by atoms with Crippen molar-refractivity contribution in [1.82, 2.24) is 20.8 Å². The minimum Gasteiger partial charge on any atom is -0.486 e. The van der Waals surface area contributed by atoms with E-state index in [4.69, 9.17) is 9.47 Å². The van der Waals surface area contributed by atoms with Crippen molar-refractivity contribution in [2.45, 2.75) is 28.1 Å². The van der Waals surface area contributed by atoms with E-state index in [-0.39, 0.29) is 23.7 Å². The lowest BCUT2D eigenvalue weighted by Gasteiger charge is -2.26. The minimum atomic E-state index is -0.220. The lowest BCUT2D eigenvalue weighted by molar-refractivity contribution is -0.119. The van der Waals surface area contributed by atoms with E-state index in [1.54, 1.807) is 0 Å². The molecule has 0 saturated carbocycles. The molecule has 8 nitrogen and oxygen atoms in total. The van der Waals surface area contributed by atoms with Crippen LogP contribution in [-0.4, -0.2) is 59.3 Å². The normalized spacial score (nSPS) is 15.0. The molecular weight excluding hydrogens is 432 g/mol. The smallest absolute Gasteiger partial charge is 0.230 e. The highest BCUT2D eigenvalue weighted by molar-refractivity contribution is 8.03. The zero-order valence-electron chi connectivity index (χ0n) is 15.9. The highest BCUT2D eigenvalue weighted by Gasteiger charge is 2.21. The van der Waals surface area contributed by atoms with Crippen LogP contribution >= 0.6 is 34.9 Å². The molecular formula is C18H22N4O4S3. The number of ether oxygens (including phenoxy) is 2. The Balaban J connectivity index is 1.34. The third-order valence-electron chi connectivity index (χ3n) is 3.71. The number of hydrogen-bond donors (Lipinski definition) is 2. The van der Waals surface area contributed by atoms with Crippen LogP contribution in [0.15, 0.2) is 32.9 Å². The van der Waals surface area contributed by atoms with Crippen LogP contribution in [0.4, 0.5) is 0 Å². The Morgan fingerprint density at radius 2 is 1.76 bits per heavy atom. The number of fused-ring (bicyclic) bond motifs is 1. The summed E-state index contributed by atoms with van der Waals surface area (Å²) in [6, 6.07) is 7.47. The van der Waals surface area contributed by atoms with Gasteiger partial charge in [-0.1, -0.05) is 53.9 Å². The molecule has 1 aromatic carbocycles. The summed E-state index contributed by atoms with van der Waals surface area (Å²) in [6.45, 7) is 3.45. The summed E-state index contributed by atoms with van der Waals surface area (Å²) in [5.74, 6) is 1.83. The molecule has 1 unspecified atom stereocenters. The molecule has 1 atom stereocenters. The van der Waals surface area contributed by atoms with Gasteiger partial charge in [0.1, 0.15) is 12.7 Å². The van der Waals surface area contributed by atoms with Crippen molar-refractivity contribution in [3.05, 3.63) is 24.3 Å². The van der Waals surface area contributed by atoms with Gasteiger partial charge in [-0.2, -0.15) is 0 Å². The fourth-order valence-electron chi connectivity index (χ4n) is 2.33. The van der Waals surface area contributed by atoms with Gasteiger partial charge >= 0.3 is 0 Å². The van der Waals surface area contributed by atoms with Gasteiger partial charge in [0, 0.05) is 6.54 Å². The molecule has 1 aliphatic rings. The van der Waals surface area contributed by atoms with Crippen LogP contribution in [0.2, 0.25) is 0 Å². The second kappa shape index (κ2) is 11.3. The fraction of sp³-hybridized carbons (Fsp3) is 0.444. The van der Waals surface area contributed by atoms with Crippen molar-refractivity contribution in [3.63, 3.8) is 0 Å². The Morgan fingerprint density at radius 3 is 2.45 bits per heavy atom. The number of amides is 2. The number of aromatic nitrogens is 2. The molecule has 29 heavy (non-hydrogen) atoms. The van der Waals surface area contributed by atoms with Gasteiger partial charge in [0.05, 0.1) is 18.1 Å². The number of thioether (sulfide) groups is 2. The molecule has 2 amide bonds. The number of carbonyl (C=O) groups is 2. The van der Waals surface area contributed by atoms with Gasteiger partial charge in [-0.15, -0.1) is 10.2 Å². The van der Waals surface area contributed by atoms with Crippen molar-refractivity contribution in [2.24, 2.45) is 0 Å². The summed E-state index contributed by atoms with van der Waals surface area (Å²) < 4.78 is 12.9. The van der Waals surface area contributed by atoms with E-state index in [0.717, 1.165) is 12.2 Å². The van der Waals surface area contributed by atoms with E-state index in [0.29, 0.717) is 39.9 Å². The number of benzene rings is 1. The lowest BCUT2D eigenvalue weighted by Crippen LogP contribution is -2.41. The van der Waals surface area contributed by atoms with Crippen molar-refractivity contribution in [2.75, 3.05) is 31.2 Å². The first-order valence-electron chi connectivity index (χ1n) is 9.15. The first-order valence-corrected chi connectivity index (χ1v) is 11.9. The first-order chi connectivity index (χ1) is 14.1. The van der Waals surface area contributed by atoms with Crippen LogP contribution < -0.4 is 20.1 Å². The summed E-state index contributed by atoms with van der Waals surface area (Å²) >= 11 is 4.04. The molecule has 2 N–H and O–H groups in total. The Kier molecular flexibility index (Phi) is 8.44. The van der Waals surface area contributed by atoms with E-state index in [2.05, 4.69) is 20.8 Å². The van der Waals surface area contributed by atoms with Crippen molar-refractivity contribution in [3.8, 4) is 11.5 Å². The summed E-state index contributed by atoms with van der Waals surface area (Å²) in [4.78, 5) is 23.7. The van der Waals surface area contributed by atoms with Gasteiger partial charge in [-0.3, -0.25) is 9.59 Å². The number of para-hydroxylation sites is 2. The molecule has 0 bridgehead atoms. The quantitative estimate of drug-likeness (QED) is 0.527. The Hall–Kier alpha value is -1.98. The van der Waals surface area contributed by atoms with Crippen LogP contribution in [0.5, 0.6) is 11.5 Å². The summed E-state index contributed by atoms with van der Waals surface area (Å²) in [6.07, 6.45) is 0.688. The third kappa shape index (κ3) is 7.09. The maximum absolute atomic E-state index is 12.1. The maximum Gasteiger partial charge on any atom is 0.230 e. The standard InChI is InChI=1S/C18H22N4O4S3/c1-2-7-19-15(23)10-27-17-21-22-18(29-17)28-11-16(24)20-8-12-9-25-13-5-3-4-6-14(13)26-12/h3-6,12H,2,7-11H2,1H3,(H,19,23)(H,20,24). The van der Waals surface area contributed by atoms with Crippen molar-refractivity contribution in [1.29, 1.82) is 0 Å². The summed E-state index contributed by atoms with van der Waals surface area (Å²) in [5, 5.41) is 13.8. The number of nitrogens with zero attached hydrogens (tertiary/aromatic N) is 2. The van der Waals surface area contributed by atoms with E-state index >= 15 is 0 Å². The largest absolute Gasteiger partial charge is 0.486 e. The molecule has 0 aliphatic carbocycles. The SMILES string of the molecule is CCCNC(=O)CSc1nnc(SCC(=O)NCC2COc3ccccc3O2)s1. The van der Waals surface area contributed by atoms with Gasteiger partial charge in [0.15, 0.2) is 20.2 Å².